The lowest BCUT2D eigenvalue weighted by molar-refractivity contribution is -0.120. The van der Waals surface area contributed by atoms with Crippen LogP contribution in [0.5, 0.6) is 0 Å². The van der Waals surface area contributed by atoms with Gasteiger partial charge in [0.15, 0.2) is 0 Å². The second-order valence-corrected chi connectivity index (χ2v) is 8.56. The highest BCUT2D eigenvalue weighted by molar-refractivity contribution is 5.94. The van der Waals surface area contributed by atoms with E-state index in [9.17, 15) is 9.18 Å². The maximum absolute atomic E-state index is 14.3. The highest BCUT2D eigenvalue weighted by atomic mass is 19.1. The Morgan fingerprint density at radius 3 is 2.28 bits per heavy atom. The maximum atomic E-state index is 14.3. The van der Waals surface area contributed by atoms with Gasteiger partial charge < -0.3 is 15.1 Å². The van der Waals surface area contributed by atoms with Crippen molar-refractivity contribution < 1.29 is 9.18 Å². The monoisotopic (exact) mass is 435 g/mol. The molecular formula is C25H30FN5O. The van der Waals surface area contributed by atoms with Crippen molar-refractivity contribution >= 4 is 23.0 Å². The molecule has 0 aromatic heterocycles. The lowest BCUT2D eigenvalue weighted by Crippen LogP contribution is -2.53. The average molecular weight is 436 g/mol. The Hall–Kier alpha value is -3.11. The Kier molecular flexibility index (Phi) is 6.91. The number of nitrogens with one attached hydrogen (secondary N) is 1. The van der Waals surface area contributed by atoms with Crippen molar-refractivity contribution in [3.8, 4) is 6.07 Å². The number of carbonyl (C=O) groups is 1. The fraction of sp³-hybridized carbons (Fsp3) is 0.440. The summed E-state index contributed by atoms with van der Waals surface area (Å²) in [5.74, 6) is -0.412. The van der Waals surface area contributed by atoms with Crippen molar-refractivity contribution in [2.45, 2.75) is 32.2 Å². The SMILES string of the molecule is CC(C(=O)Nc1ccc(N2CCCCC2)cc1)N1CCN(c2ccc(C#N)cc2F)CC1. The van der Waals surface area contributed by atoms with Gasteiger partial charge in [-0.25, -0.2) is 4.39 Å². The van der Waals surface area contributed by atoms with E-state index in [1.165, 1.54) is 31.0 Å². The molecule has 4 rings (SSSR count). The number of rotatable bonds is 5. The van der Waals surface area contributed by atoms with Gasteiger partial charge in [0.2, 0.25) is 5.91 Å². The van der Waals surface area contributed by atoms with Gasteiger partial charge in [0.25, 0.3) is 0 Å². The zero-order valence-electron chi connectivity index (χ0n) is 18.6. The molecule has 0 radical (unpaired) electrons. The number of hydrogen-bond acceptors (Lipinski definition) is 5. The second kappa shape index (κ2) is 10.0. The molecule has 2 aliphatic rings. The lowest BCUT2D eigenvalue weighted by Gasteiger charge is -2.38. The number of carbonyl (C=O) groups excluding carboxylic acids is 1. The molecule has 1 atom stereocenters. The van der Waals surface area contributed by atoms with Gasteiger partial charge in [-0.3, -0.25) is 9.69 Å². The first kappa shape index (κ1) is 22.1. The highest BCUT2D eigenvalue weighted by Crippen LogP contribution is 2.24. The number of halogens is 1. The van der Waals surface area contributed by atoms with Crippen LogP contribution in [0.2, 0.25) is 0 Å². The normalized spacial score (nSPS) is 18.2. The molecule has 1 unspecified atom stereocenters. The molecule has 1 amide bonds. The Bertz CT molecular complexity index is 973. The predicted octanol–water partition coefficient (Wildman–Crippen LogP) is 3.84. The largest absolute Gasteiger partial charge is 0.372 e. The van der Waals surface area contributed by atoms with E-state index in [1.807, 2.05) is 30.0 Å². The molecule has 0 bridgehead atoms. The number of benzene rings is 2. The van der Waals surface area contributed by atoms with E-state index >= 15 is 0 Å². The smallest absolute Gasteiger partial charge is 0.241 e. The standard InChI is InChI=1S/C25H30FN5O/c1-19(25(32)28-21-6-8-22(9-7-21)30-11-3-2-4-12-30)29-13-15-31(16-14-29)24-10-5-20(18-27)17-23(24)26/h5-10,17,19H,2-4,11-16H2,1H3,(H,28,32). The van der Waals surface area contributed by atoms with Gasteiger partial charge in [-0.05, 0) is 68.7 Å². The molecule has 32 heavy (non-hydrogen) atoms. The molecule has 2 aliphatic heterocycles. The third-order valence-electron chi connectivity index (χ3n) is 6.51. The third-order valence-corrected chi connectivity index (χ3v) is 6.51. The summed E-state index contributed by atoms with van der Waals surface area (Å²) in [4.78, 5) is 19.3. The third kappa shape index (κ3) is 5.03. The zero-order valence-corrected chi connectivity index (χ0v) is 18.6. The Morgan fingerprint density at radius 2 is 1.66 bits per heavy atom. The van der Waals surface area contributed by atoms with E-state index in [1.54, 1.807) is 12.1 Å². The molecule has 2 fully saturated rings. The number of amides is 1. The number of anilines is 3. The Labute approximate surface area is 189 Å². The van der Waals surface area contributed by atoms with Gasteiger partial charge >= 0.3 is 0 Å². The van der Waals surface area contributed by atoms with E-state index in [0.717, 1.165) is 18.8 Å². The van der Waals surface area contributed by atoms with E-state index < -0.39 is 0 Å². The molecule has 2 aromatic carbocycles. The number of nitrogens with zero attached hydrogens (tertiary/aromatic N) is 4. The molecule has 0 saturated carbocycles. The summed E-state index contributed by atoms with van der Waals surface area (Å²) in [5, 5.41) is 11.9. The van der Waals surface area contributed by atoms with Crippen LogP contribution in [0.15, 0.2) is 42.5 Å². The van der Waals surface area contributed by atoms with Crippen molar-refractivity contribution in [2.24, 2.45) is 0 Å². The van der Waals surface area contributed by atoms with Crippen LogP contribution >= 0.6 is 0 Å². The topological polar surface area (TPSA) is 62.6 Å². The minimum Gasteiger partial charge on any atom is -0.372 e. The first-order valence-corrected chi connectivity index (χ1v) is 11.4. The van der Waals surface area contributed by atoms with Crippen LogP contribution in [0.3, 0.4) is 0 Å². The van der Waals surface area contributed by atoms with E-state index in [0.29, 0.717) is 37.4 Å². The summed E-state index contributed by atoms with van der Waals surface area (Å²) in [6.45, 7) is 6.71. The zero-order chi connectivity index (χ0) is 22.5. The number of piperazine rings is 1. The van der Waals surface area contributed by atoms with Crippen LogP contribution in [0, 0.1) is 17.1 Å². The maximum Gasteiger partial charge on any atom is 0.241 e. The minimum absolute atomic E-state index is 0.0336. The molecule has 0 aliphatic carbocycles. The summed E-state index contributed by atoms with van der Waals surface area (Å²) in [6.07, 6.45) is 3.78. The molecule has 2 heterocycles. The molecule has 2 aromatic rings. The fourth-order valence-electron chi connectivity index (χ4n) is 4.50. The highest BCUT2D eigenvalue weighted by Gasteiger charge is 2.26. The van der Waals surface area contributed by atoms with Crippen LogP contribution in [-0.4, -0.2) is 56.1 Å². The summed E-state index contributed by atoms with van der Waals surface area (Å²) in [7, 11) is 0. The Morgan fingerprint density at radius 1 is 0.969 bits per heavy atom. The number of hydrogen-bond donors (Lipinski definition) is 1. The van der Waals surface area contributed by atoms with Gasteiger partial charge in [-0.1, -0.05) is 0 Å². The minimum atomic E-state index is -0.378. The first-order valence-electron chi connectivity index (χ1n) is 11.4. The van der Waals surface area contributed by atoms with Crippen LogP contribution in [0.4, 0.5) is 21.5 Å². The van der Waals surface area contributed by atoms with E-state index in [-0.39, 0.29) is 17.8 Å². The van der Waals surface area contributed by atoms with Crippen LogP contribution in [0.25, 0.3) is 0 Å². The van der Waals surface area contributed by atoms with Crippen molar-refractivity contribution in [2.75, 3.05) is 54.4 Å². The Balaban J connectivity index is 1.30. The summed E-state index contributed by atoms with van der Waals surface area (Å²) < 4.78 is 14.3. The fourth-order valence-corrected chi connectivity index (χ4v) is 4.50. The van der Waals surface area contributed by atoms with Crippen LogP contribution in [0.1, 0.15) is 31.7 Å². The van der Waals surface area contributed by atoms with Gasteiger partial charge in [0.05, 0.1) is 23.4 Å². The summed E-state index contributed by atoms with van der Waals surface area (Å²) in [6, 6.07) is 14.4. The van der Waals surface area contributed by atoms with Gasteiger partial charge in [0.1, 0.15) is 5.82 Å². The van der Waals surface area contributed by atoms with Crippen LogP contribution < -0.4 is 15.1 Å². The summed E-state index contributed by atoms with van der Waals surface area (Å²) >= 11 is 0. The summed E-state index contributed by atoms with van der Waals surface area (Å²) in [5.41, 5.74) is 2.84. The molecule has 1 N–H and O–H groups in total. The molecule has 7 heteroatoms. The number of piperidine rings is 1. The van der Waals surface area contributed by atoms with E-state index in [4.69, 9.17) is 5.26 Å². The molecular weight excluding hydrogens is 405 g/mol. The van der Waals surface area contributed by atoms with Crippen LogP contribution in [-0.2, 0) is 4.79 Å². The molecule has 2 saturated heterocycles. The molecule has 168 valence electrons. The predicted molar refractivity (Wildman–Crippen MR) is 125 cm³/mol. The van der Waals surface area contributed by atoms with Gasteiger partial charge in [0, 0.05) is 50.6 Å². The van der Waals surface area contributed by atoms with Crippen molar-refractivity contribution in [1.29, 1.82) is 5.26 Å². The van der Waals surface area contributed by atoms with E-state index in [2.05, 4.69) is 27.2 Å². The molecule has 0 spiro atoms. The van der Waals surface area contributed by atoms with Crippen molar-refractivity contribution in [3.63, 3.8) is 0 Å². The van der Waals surface area contributed by atoms with Crippen molar-refractivity contribution in [3.05, 3.63) is 53.8 Å². The van der Waals surface area contributed by atoms with Gasteiger partial charge in [-0.2, -0.15) is 5.26 Å². The van der Waals surface area contributed by atoms with Crippen molar-refractivity contribution in [1.82, 2.24) is 4.90 Å². The molecule has 6 nitrogen and oxygen atoms in total. The lowest BCUT2D eigenvalue weighted by atomic mass is 10.1. The number of nitriles is 1. The second-order valence-electron chi connectivity index (χ2n) is 8.56. The first-order chi connectivity index (χ1) is 15.5. The average Bonchev–Trinajstić information content (AvgIpc) is 2.84. The van der Waals surface area contributed by atoms with Gasteiger partial charge in [-0.15, -0.1) is 0 Å². The quantitative estimate of drug-likeness (QED) is 0.773.